The zero-order valence-corrected chi connectivity index (χ0v) is 13.1. The first-order valence-electron chi connectivity index (χ1n) is 7.01. The van der Waals surface area contributed by atoms with Crippen molar-refractivity contribution in [3.63, 3.8) is 0 Å². The van der Waals surface area contributed by atoms with E-state index in [1.165, 1.54) is 0 Å². The van der Waals surface area contributed by atoms with Crippen LogP contribution in [0.5, 0.6) is 11.5 Å². The van der Waals surface area contributed by atoms with E-state index in [4.69, 9.17) is 14.2 Å². The molecule has 0 heterocycles. The Kier molecular flexibility index (Phi) is 5.66. The van der Waals surface area contributed by atoms with Crippen LogP contribution in [0.2, 0.25) is 0 Å². The minimum absolute atomic E-state index is 0.695. The summed E-state index contributed by atoms with van der Waals surface area (Å²) in [6.45, 7) is 2.01. The second-order valence-corrected chi connectivity index (χ2v) is 4.72. The molecule has 2 rings (SSSR count). The summed E-state index contributed by atoms with van der Waals surface area (Å²) < 4.78 is 15.9. The summed E-state index contributed by atoms with van der Waals surface area (Å²) >= 11 is 0. The van der Waals surface area contributed by atoms with Gasteiger partial charge < -0.3 is 14.2 Å². The first-order valence-corrected chi connectivity index (χ1v) is 7.01. The van der Waals surface area contributed by atoms with Crippen molar-refractivity contribution in [2.75, 3.05) is 14.2 Å². The van der Waals surface area contributed by atoms with Gasteiger partial charge in [-0.15, -0.1) is 0 Å². The number of hydrogen-bond donors (Lipinski definition) is 0. The molecule has 0 N–H and O–H groups in total. The van der Waals surface area contributed by atoms with E-state index in [0.29, 0.717) is 11.5 Å². The normalized spacial score (nSPS) is 11.5. The fourth-order valence-electron chi connectivity index (χ4n) is 1.98. The van der Waals surface area contributed by atoms with Gasteiger partial charge in [0.15, 0.2) is 11.5 Å². The molecule has 0 saturated carbocycles. The van der Waals surface area contributed by atoms with E-state index < -0.39 is 0 Å². The van der Waals surface area contributed by atoms with Crippen molar-refractivity contribution in [3.8, 4) is 11.5 Å². The van der Waals surface area contributed by atoms with E-state index in [-0.39, 0.29) is 0 Å². The zero-order chi connectivity index (χ0) is 15.8. The van der Waals surface area contributed by atoms with Crippen LogP contribution in [0.1, 0.15) is 18.1 Å². The summed E-state index contributed by atoms with van der Waals surface area (Å²) in [6.07, 6.45) is 5.25. The van der Waals surface area contributed by atoms with Crippen LogP contribution in [-0.2, 0) is 4.74 Å². The second-order valence-electron chi connectivity index (χ2n) is 4.72. The Balaban J connectivity index is 2.01. The summed E-state index contributed by atoms with van der Waals surface area (Å²) in [6, 6.07) is 15.8. The predicted octanol–water partition coefficient (Wildman–Crippen LogP) is 4.75. The number of allylic oxidation sites excluding steroid dienone is 1. The van der Waals surface area contributed by atoms with E-state index in [1.807, 2.05) is 61.5 Å². The lowest BCUT2D eigenvalue weighted by molar-refractivity contribution is 0.355. The van der Waals surface area contributed by atoms with Gasteiger partial charge in [-0.2, -0.15) is 0 Å². The summed E-state index contributed by atoms with van der Waals surface area (Å²) in [5, 5.41) is 0. The van der Waals surface area contributed by atoms with Crippen LogP contribution in [0, 0.1) is 0 Å². The van der Waals surface area contributed by atoms with Gasteiger partial charge in [-0.3, -0.25) is 0 Å². The van der Waals surface area contributed by atoms with E-state index >= 15 is 0 Å². The minimum atomic E-state index is 0.695. The molecular formula is C19H20O3. The lowest BCUT2D eigenvalue weighted by atomic mass is 10.1. The minimum Gasteiger partial charge on any atom is -0.493 e. The van der Waals surface area contributed by atoms with Crippen molar-refractivity contribution in [2.45, 2.75) is 6.92 Å². The summed E-state index contributed by atoms with van der Waals surface area (Å²) in [5.74, 6) is 1.40. The maximum absolute atomic E-state index is 5.47. The smallest absolute Gasteiger partial charge is 0.161 e. The highest BCUT2D eigenvalue weighted by Crippen LogP contribution is 2.28. The first-order chi connectivity index (χ1) is 10.7. The number of methoxy groups -OCH3 is 2. The highest BCUT2D eigenvalue weighted by Gasteiger charge is 2.02. The molecule has 2 aromatic rings. The monoisotopic (exact) mass is 296 g/mol. The Labute approximate surface area is 131 Å². The molecule has 0 spiro atoms. The maximum atomic E-state index is 5.47. The second kappa shape index (κ2) is 7.93. The van der Waals surface area contributed by atoms with Gasteiger partial charge in [-0.05, 0) is 41.8 Å². The summed E-state index contributed by atoms with van der Waals surface area (Å²) in [4.78, 5) is 0. The van der Waals surface area contributed by atoms with Crippen LogP contribution >= 0.6 is 0 Å². The van der Waals surface area contributed by atoms with Gasteiger partial charge in [0.25, 0.3) is 0 Å². The van der Waals surface area contributed by atoms with Crippen molar-refractivity contribution in [1.82, 2.24) is 0 Å². The Morgan fingerprint density at radius 2 is 1.64 bits per heavy atom. The molecule has 0 aliphatic heterocycles. The van der Waals surface area contributed by atoms with Crippen molar-refractivity contribution >= 4 is 11.6 Å². The van der Waals surface area contributed by atoms with E-state index in [1.54, 1.807) is 26.7 Å². The summed E-state index contributed by atoms with van der Waals surface area (Å²) in [7, 11) is 3.24. The lowest BCUT2D eigenvalue weighted by Gasteiger charge is -2.07. The molecule has 22 heavy (non-hydrogen) atoms. The van der Waals surface area contributed by atoms with Crippen LogP contribution in [-0.4, -0.2) is 14.2 Å². The molecule has 3 heteroatoms. The van der Waals surface area contributed by atoms with Crippen molar-refractivity contribution in [1.29, 1.82) is 0 Å². The van der Waals surface area contributed by atoms with E-state index in [0.717, 1.165) is 16.7 Å². The molecule has 0 atom stereocenters. The molecule has 2 aromatic carbocycles. The van der Waals surface area contributed by atoms with Gasteiger partial charge in [-0.25, -0.2) is 0 Å². The summed E-state index contributed by atoms with van der Waals surface area (Å²) in [5.41, 5.74) is 3.18. The molecule has 0 aliphatic carbocycles. The average molecular weight is 296 g/mol. The average Bonchev–Trinajstić information content (AvgIpc) is 2.59. The Bertz CT molecular complexity index is 658. The lowest BCUT2D eigenvalue weighted by Crippen LogP contribution is -1.90. The van der Waals surface area contributed by atoms with E-state index in [9.17, 15) is 0 Å². The van der Waals surface area contributed by atoms with Gasteiger partial charge in [0, 0.05) is 0 Å². The topological polar surface area (TPSA) is 27.7 Å². The largest absolute Gasteiger partial charge is 0.493 e. The third-order valence-electron chi connectivity index (χ3n) is 3.22. The highest BCUT2D eigenvalue weighted by atomic mass is 16.5. The quantitative estimate of drug-likeness (QED) is 0.720. The predicted molar refractivity (Wildman–Crippen MR) is 89.8 cm³/mol. The van der Waals surface area contributed by atoms with Crippen LogP contribution in [0.4, 0.5) is 0 Å². The molecule has 3 nitrogen and oxygen atoms in total. The Morgan fingerprint density at radius 3 is 2.32 bits per heavy atom. The van der Waals surface area contributed by atoms with Crippen molar-refractivity contribution < 1.29 is 14.2 Å². The molecule has 0 aromatic heterocycles. The Morgan fingerprint density at radius 1 is 0.909 bits per heavy atom. The van der Waals surface area contributed by atoms with Gasteiger partial charge in [-0.1, -0.05) is 36.4 Å². The molecule has 0 amide bonds. The van der Waals surface area contributed by atoms with Gasteiger partial charge in [0.05, 0.1) is 26.7 Å². The fourth-order valence-corrected chi connectivity index (χ4v) is 1.98. The first kappa shape index (κ1) is 15.7. The SMILES string of the molecule is COc1ccc(/C=C/O/C=C(\C)c2ccccc2)cc1OC. The van der Waals surface area contributed by atoms with Crippen LogP contribution < -0.4 is 9.47 Å². The van der Waals surface area contributed by atoms with Crippen LogP contribution in [0.15, 0.2) is 61.1 Å². The van der Waals surface area contributed by atoms with Gasteiger partial charge >= 0.3 is 0 Å². The van der Waals surface area contributed by atoms with Crippen molar-refractivity contribution in [2.24, 2.45) is 0 Å². The maximum Gasteiger partial charge on any atom is 0.161 e. The Hall–Kier alpha value is -2.68. The number of rotatable bonds is 6. The molecule has 0 bridgehead atoms. The molecule has 0 aliphatic rings. The third kappa shape index (κ3) is 4.16. The molecule has 0 saturated heterocycles. The molecule has 0 radical (unpaired) electrons. The van der Waals surface area contributed by atoms with Gasteiger partial charge in [0.1, 0.15) is 0 Å². The fraction of sp³-hybridized carbons (Fsp3) is 0.158. The number of benzene rings is 2. The van der Waals surface area contributed by atoms with Crippen LogP contribution in [0.3, 0.4) is 0 Å². The van der Waals surface area contributed by atoms with Gasteiger partial charge in [0.2, 0.25) is 0 Å². The third-order valence-corrected chi connectivity index (χ3v) is 3.22. The molecule has 0 fully saturated rings. The van der Waals surface area contributed by atoms with Crippen molar-refractivity contribution in [3.05, 3.63) is 72.2 Å². The molecular weight excluding hydrogens is 276 g/mol. The number of hydrogen-bond acceptors (Lipinski definition) is 3. The highest BCUT2D eigenvalue weighted by molar-refractivity contribution is 5.62. The zero-order valence-electron chi connectivity index (χ0n) is 13.1. The molecule has 114 valence electrons. The standard InChI is InChI=1S/C19H20O3/c1-15(17-7-5-4-6-8-17)14-22-12-11-16-9-10-18(20-2)19(13-16)21-3/h4-14H,1-3H3/b12-11+,15-14+. The number of ether oxygens (including phenoxy) is 3. The molecule has 0 unspecified atom stereocenters. The van der Waals surface area contributed by atoms with E-state index in [2.05, 4.69) is 0 Å². The van der Waals surface area contributed by atoms with Crippen LogP contribution in [0.25, 0.3) is 11.6 Å².